The maximum Gasteiger partial charge on any atom is 0.186 e. The van der Waals surface area contributed by atoms with Crippen LogP contribution in [0.15, 0.2) is 84.9 Å². The first kappa shape index (κ1) is 28.5. The Hall–Kier alpha value is -2.58. The summed E-state index contributed by atoms with van der Waals surface area (Å²) in [7, 11) is 0. The highest BCUT2D eigenvalue weighted by Gasteiger charge is 2.49. The molecule has 3 aromatic carbocycles. The largest absolute Gasteiger partial charge is 0.374 e. The maximum absolute atomic E-state index is 6.77. The van der Waals surface area contributed by atoms with Gasteiger partial charge in [0.05, 0.1) is 39.6 Å². The highest BCUT2D eigenvalue weighted by molar-refractivity contribution is 5.26. The van der Waals surface area contributed by atoms with Gasteiger partial charge in [-0.05, 0) is 41.0 Å². The lowest BCUT2D eigenvalue weighted by Gasteiger charge is -2.46. The van der Waals surface area contributed by atoms with Gasteiger partial charge in [0.25, 0.3) is 0 Å². The smallest absolute Gasteiger partial charge is 0.186 e. The summed E-state index contributed by atoms with van der Waals surface area (Å²) in [5.41, 5.74) is 4.43. The van der Waals surface area contributed by atoms with Crippen molar-refractivity contribution in [3.63, 3.8) is 0 Å². The van der Waals surface area contributed by atoms with Crippen LogP contribution in [-0.4, -0.2) is 43.9 Å². The van der Waals surface area contributed by atoms with Gasteiger partial charge < -0.3 is 28.4 Å². The molecule has 218 valence electrons. The summed E-state index contributed by atoms with van der Waals surface area (Å²) in [6, 6.07) is 28.7. The Kier molecular flexibility index (Phi) is 10.1. The van der Waals surface area contributed by atoms with Crippen molar-refractivity contribution in [1.82, 2.24) is 0 Å². The standard InChI is InChI=1S/C35H42O6/c1-4-12-26(13-5-1)20-37-32-31-25-36-23-29-18-10-11-19-30(29)24-39-33(32)34(38-21-27-14-6-2-7-15-27)35(41-31)40-22-28-16-8-3-9-17-28/h1-2,4-7,10-15,18-19,28,31-35H,3,8-9,16-17,20-25H2/t31?,32-,33?,34?,35-/m1/s1. The molecule has 3 unspecified atom stereocenters. The Morgan fingerprint density at radius 1 is 0.634 bits per heavy atom. The van der Waals surface area contributed by atoms with E-state index in [9.17, 15) is 0 Å². The minimum absolute atomic E-state index is 0.359. The zero-order chi connectivity index (χ0) is 27.7. The summed E-state index contributed by atoms with van der Waals surface area (Å²) >= 11 is 0. The molecule has 3 aromatic rings. The van der Waals surface area contributed by atoms with Crippen LogP contribution in [0.5, 0.6) is 0 Å². The molecule has 3 aliphatic rings. The van der Waals surface area contributed by atoms with Crippen molar-refractivity contribution >= 4 is 0 Å². The lowest BCUT2D eigenvalue weighted by molar-refractivity contribution is -0.331. The van der Waals surface area contributed by atoms with Gasteiger partial charge in [-0.1, -0.05) is 104 Å². The Bertz CT molecular complexity index is 1180. The van der Waals surface area contributed by atoms with Crippen LogP contribution in [0, 0.1) is 5.92 Å². The van der Waals surface area contributed by atoms with E-state index < -0.39 is 24.6 Å². The second-order valence-corrected chi connectivity index (χ2v) is 11.5. The maximum atomic E-state index is 6.77. The van der Waals surface area contributed by atoms with Gasteiger partial charge in [0.15, 0.2) is 6.29 Å². The van der Waals surface area contributed by atoms with Crippen LogP contribution in [0.2, 0.25) is 0 Å². The third-order valence-corrected chi connectivity index (χ3v) is 8.47. The molecule has 0 spiro atoms. The summed E-state index contributed by atoms with van der Waals surface area (Å²) in [4.78, 5) is 0. The first-order chi connectivity index (χ1) is 20.3. The molecular weight excluding hydrogens is 516 g/mol. The van der Waals surface area contributed by atoms with Crippen molar-refractivity contribution in [2.45, 2.75) is 89.2 Å². The molecular formula is C35H42O6. The first-order valence-electron chi connectivity index (χ1n) is 15.2. The fourth-order valence-corrected chi connectivity index (χ4v) is 6.14. The molecule has 1 aliphatic carbocycles. The van der Waals surface area contributed by atoms with Crippen molar-refractivity contribution < 1.29 is 28.4 Å². The Labute approximate surface area is 243 Å². The van der Waals surface area contributed by atoms with Gasteiger partial charge >= 0.3 is 0 Å². The van der Waals surface area contributed by atoms with E-state index >= 15 is 0 Å². The van der Waals surface area contributed by atoms with Gasteiger partial charge in [-0.3, -0.25) is 0 Å². The Morgan fingerprint density at radius 3 is 1.93 bits per heavy atom. The number of hydrogen-bond donors (Lipinski definition) is 0. The summed E-state index contributed by atoms with van der Waals surface area (Å²) in [6.45, 7) is 2.85. The minimum Gasteiger partial charge on any atom is -0.374 e. The normalized spacial score (nSPS) is 27.2. The highest BCUT2D eigenvalue weighted by Crippen LogP contribution is 2.33. The zero-order valence-electron chi connectivity index (χ0n) is 23.8. The van der Waals surface area contributed by atoms with E-state index in [4.69, 9.17) is 28.4 Å². The molecule has 1 saturated carbocycles. The molecule has 0 amide bonds. The Balaban J connectivity index is 1.28. The molecule has 41 heavy (non-hydrogen) atoms. The van der Waals surface area contributed by atoms with Crippen LogP contribution in [0.1, 0.15) is 54.4 Å². The summed E-state index contributed by atoms with van der Waals surface area (Å²) in [5.74, 6) is 0.550. The van der Waals surface area contributed by atoms with Crippen LogP contribution in [0.3, 0.4) is 0 Å². The molecule has 1 saturated heterocycles. The topological polar surface area (TPSA) is 55.4 Å². The van der Waals surface area contributed by atoms with Gasteiger partial charge in [-0.15, -0.1) is 0 Å². The first-order valence-corrected chi connectivity index (χ1v) is 15.2. The van der Waals surface area contributed by atoms with Crippen molar-refractivity contribution in [3.05, 3.63) is 107 Å². The van der Waals surface area contributed by atoms with Crippen molar-refractivity contribution in [2.24, 2.45) is 5.92 Å². The zero-order valence-corrected chi connectivity index (χ0v) is 23.8. The third kappa shape index (κ3) is 7.63. The van der Waals surface area contributed by atoms with Crippen molar-refractivity contribution in [3.8, 4) is 0 Å². The van der Waals surface area contributed by atoms with Crippen molar-refractivity contribution in [2.75, 3.05) is 13.2 Å². The lowest BCUT2D eigenvalue weighted by atomic mass is 9.90. The summed E-state index contributed by atoms with van der Waals surface area (Å²) in [6.07, 6.45) is 4.05. The fourth-order valence-electron chi connectivity index (χ4n) is 6.14. The van der Waals surface area contributed by atoms with Crippen LogP contribution < -0.4 is 0 Å². The average Bonchev–Trinajstić information content (AvgIpc) is 3.03. The highest BCUT2D eigenvalue weighted by atomic mass is 16.7. The van der Waals surface area contributed by atoms with Crippen LogP contribution in [0.25, 0.3) is 0 Å². The van der Waals surface area contributed by atoms with E-state index in [1.807, 2.05) is 48.5 Å². The predicted octanol–water partition coefficient (Wildman–Crippen LogP) is 6.59. The molecule has 6 heteroatoms. The Morgan fingerprint density at radius 2 is 1.24 bits per heavy atom. The van der Waals surface area contributed by atoms with Crippen LogP contribution in [-0.2, 0) is 54.8 Å². The molecule has 6 nitrogen and oxygen atoms in total. The molecule has 0 radical (unpaired) electrons. The fraction of sp³-hybridized carbons (Fsp3) is 0.486. The number of rotatable bonds is 9. The van der Waals surface area contributed by atoms with Crippen LogP contribution in [0.4, 0.5) is 0 Å². The molecule has 2 bridgehead atoms. The van der Waals surface area contributed by atoms with Crippen LogP contribution >= 0.6 is 0 Å². The molecule has 6 rings (SSSR count). The molecule has 0 aromatic heterocycles. The number of ether oxygens (including phenoxy) is 6. The number of benzene rings is 3. The van der Waals surface area contributed by atoms with Gasteiger partial charge in [0.2, 0.25) is 0 Å². The van der Waals surface area contributed by atoms with E-state index in [2.05, 4.69) is 36.4 Å². The lowest BCUT2D eigenvalue weighted by Crippen LogP contribution is -2.62. The van der Waals surface area contributed by atoms with E-state index in [-0.39, 0.29) is 6.10 Å². The second-order valence-electron chi connectivity index (χ2n) is 11.5. The molecule has 0 N–H and O–H groups in total. The SMILES string of the molecule is c1ccc(COC2C3OCc4ccccc4COCC(O[C@H]2OCC2CCCCC2)[C@H]3OCc2ccccc2)cc1. The quantitative estimate of drug-likeness (QED) is 0.295. The molecule has 2 aliphatic heterocycles. The van der Waals surface area contributed by atoms with Gasteiger partial charge in [0.1, 0.15) is 24.4 Å². The molecule has 2 heterocycles. The number of hydrogen-bond acceptors (Lipinski definition) is 6. The van der Waals surface area contributed by atoms with Gasteiger partial charge in [0, 0.05) is 0 Å². The van der Waals surface area contributed by atoms with Gasteiger partial charge in [-0.2, -0.15) is 0 Å². The van der Waals surface area contributed by atoms with Gasteiger partial charge in [-0.25, -0.2) is 0 Å². The molecule has 5 atom stereocenters. The third-order valence-electron chi connectivity index (χ3n) is 8.47. The second kappa shape index (κ2) is 14.5. The average molecular weight is 559 g/mol. The monoisotopic (exact) mass is 558 g/mol. The summed E-state index contributed by atoms with van der Waals surface area (Å²) < 4.78 is 39.6. The van der Waals surface area contributed by atoms with E-state index in [1.165, 1.54) is 32.1 Å². The summed E-state index contributed by atoms with van der Waals surface area (Å²) in [5, 5.41) is 0. The number of fused-ring (bicyclic) bond motifs is 3. The van der Waals surface area contributed by atoms with E-state index in [1.54, 1.807) is 0 Å². The van der Waals surface area contributed by atoms with E-state index in [0.717, 1.165) is 22.3 Å². The minimum atomic E-state index is -0.578. The predicted molar refractivity (Wildman–Crippen MR) is 156 cm³/mol. The van der Waals surface area contributed by atoms with E-state index in [0.29, 0.717) is 45.6 Å². The van der Waals surface area contributed by atoms with Crippen molar-refractivity contribution in [1.29, 1.82) is 0 Å². The molecule has 2 fully saturated rings.